The molecule has 2 rings (SSSR count). The number of aliphatic hydroxyl groups excluding tert-OH is 1. The van der Waals surface area contributed by atoms with Gasteiger partial charge in [0.2, 0.25) is 5.91 Å². The van der Waals surface area contributed by atoms with Gasteiger partial charge in [-0.05, 0) is 29.9 Å². The van der Waals surface area contributed by atoms with Gasteiger partial charge in [0.05, 0.1) is 10.8 Å². The summed E-state index contributed by atoms with van der Waals surface area (Å²) in [6.45, 7) is 0.162. The fraction of sp³-hybridized carbons (Fsp3) is 0.583. The number of thiophene rings is 1. The van der Waals surface area contributed by atoms with E-state index in [9.17, 15) is 9.90 Å². The molecule has 17 heavy (non-hydrogen) atoms. The first-order valence-electron chi connectivity index (χ1n) is 5.82. The zero-order valence-corrected chi connectivity index (χ0v) is 11.1. The average molecular weight is 274 g/mol. The topological polar surface area (TPSA) is 49.3 Å². The van der Waals surface area contributed by atoms with Crippen LogP contribution in [0.4, 0.5) is 0 Å². The second-order valence-corrected chi connectivity index (χ2v) is 6.03. The molecule has 3 nitrogen and oxygen atoms in total. The highest BCUT2D eigenvalue weighted by atomic mass is 35.5. The molecule has 0 aromatic carbocycles. The summed E-state index contributed by atoms with van der Waals surface area (Å²) in [5, 5.41) is 14.1. The number of amides is 1. The molecule has 0 unspecified atom stereocenters. The van der Waals surface area contributed by atoms with E-state index < -0.39 is 0 Å². The molecule has 2 N–H and O–H groups in total. The van der Waals surface area contributed by atoms with Crippen LogP contribution in [0.15, 0.2) is 11.4 Å². The number of rotatable bonds is 4. The standard InChI is InChI=1S/C12H16ClNO2S/c13-11-4-8(7-17-11)5-12(16)14-10-3-1-2-9(10)6-15/h4,7,9-10,15H,1-3,5-6H2,(H,14,16)/t9-,10+/m0/s1. The van der Waals surface area contributed by atoms with Crippen molar-refractivity contribution in [3.63, 3.8) is 0 Å². The third-order valence-electron chi connectivity index (χ3n) is 3.23. The molecule has 0 radical (unpaired) electrons. The van der Waals surface area contributed by atoms with Crippen LogP contribution in [0.2, 0.25) is 4.34 Å². The zero-order valence-electron chi connectivity index (χ0n) is 9.49. The van der Waals surface area contributed by atoms with Crippen molar-refractivity contribution in [3.8, 4) is 0 Å². The normalized spacial score (nSPS) is 23.9. The van der Waals surface area contributed by atoms with Crippen molar-refractivity contribution in [1.82, 2.24) is 5.32 Å². The molecule has 94 valence electrons. The molecule has 0 bridgehead atoms. The van der Waals surface area contributed by atoms with Gasteiger partial charge < -0.3 is 10.4 Å². The molecule has 1 fully saturated rings. The number of aliphatic hydroxyl groups is 1. The second kappa shape index (κ2) is 5.85. The van der Waals surface area contributed by atoms with E-state index in [4.69, 9.17) is 11.6 Å². The number of nitrogens with one attached hydrogen (secondary N) is 1. The summed E-state index contributed by atoms with van der Waals surface area (Å²) in [4.78, 5) is 11.8. The molecule has 2 atom stereocenters. The fourth-order valence-electron chi connectivity index (χ4n) is 2.33. The van der Waals surface area contributed by atoms with Crippen molar-refractivity contribution in [2.75, 3.05) is 6.61 Å². The van der Waals surface area contributed by atoms with Gasteiger partial charge in [0, 0.05) is 18.6 Å². The average Bonchev–Trinajstić information content (AvgIpc) is 2.87. The Morgan fingerprint density at radius 1 is 1.59 bits per heavy atom. The minimum atomic E-state index is 0.0183. The molecular formula is C12H16ClNO2S. The van der Waals surface area contributed by atoms with Crippen molar-refractivity contribution in [2.24, 2.45) is 5.92 Å². The molecule has 0 aliphatic heterocycles. The van der Waals surface area contributed by atoms with E-state index in [-0.39, 0.29) is 24.5 Å². The van der Waals surface area contributed by atoms with Gasteiger partial charge in [-0.1, -0.05) is 18.0 Å². The van der Waals surface area contributed by atoms with Crippen molar-refractivity contribution >= 4 is 28.8 Å². The molecule has 1 aromatic rings. The Morgan fingerprint density at radius 3 is 3.06 bits per heavy atom. The number of halogens is 1. The van der Waals surface area contributed by atoms with Crippen LogP contribution in [0, 0.1) is 5.92 Å². The van der Waals surface area contributed by atoms with Crippen molar-refractivity contribution in [2.45, 2.75) is 31.7 Å². The third-order valence-corrected chi connectivity index (χ3v) is 4.37. The first-order valence-corrected chi connectivity index (χ1v) is 7.08. The van der Waals surface area contributed by atoms with E-state index in [2.05, 4.69) is 5.32 Å². The lowest BCUT2D eigenvalue weighted by Crippen LogP contribution is -2.39. The highest BCUT2D eigenvalue weighted by molar-refractivity contribution is 7.14. The lowest BCUT2D eigenvalue weighted by Gasteiger charge is -2.18. The monoisotopic (exact) mass is 273 g/mol. The van der Waals surface area contributed by atoms with E-state index in [0.29, 0.717) is 10.8 Å². The van der Waals surface area contributed by atoms with Crippen LogP contribution >= 0.6 is 22.9 Å². The first-order chi connectivity index (χ1) is 8.19. The maximum absolute atomic E-state index is 11.8. The number of hydrogen-bond donors (Lipinski definition) is 2. The van der Waals surface area contributed by atoms with Crippen LogP contribution in [0.5, 0.6) is 0 Å². The predicted octanol–water partition coefficient (Wildman–Crippen LogP) is 2.22. The Bertz CT molecular complexity index is 394. The summed E-state index contributed by atoms with van der Waals surface area (Å²) in [6, 6.07) is 1.96. The molecule has 0 saturated heterocycles. The number of carbonyl (C=O) groups is 1. The molecular weight excluding hydrogens is 258 g/mol. The van der Waals surface area contributed by atoms with E-state index in [0.717, 1.165) is 24.8 Å². The van der Waals surface area contributed by atoms with Crippen LogP contribution in [-0.4, -0.2) is 23.7 Å². The van der Waals surface area contributed by atoms with Gasteiger partial charge in [-0.15, -0.1) is 11.3 Å². The second-order valence-electron chi connectivity index (χ2n) is 4.48. The lowest BCUT2D eigenvalue weighted by atomic mass is 10.0. The highest BCUT2D eigenvalue weighted by Gasteiger charge is 2.27. The smallest absolute Gasteiger partial charge is 0.224 e. The summed E-state index contributed by atoms with van der Waals surface area (Å²) in [7, 11) is 0. The Hall–Kier alpha value is -0.580. The molecule has 1 aliphatic rings. The van der Waals surface area contributed by atoms with E-state index in [1.165, 1.54) is 11.3 Å². The van der Waals surface area contributed by atoms with Crippen LogP contribution in [0.25, 0.3) is 0 Å². The van der Waals surface area contributed by atoms with Gasteiger partial charge in [0.1, 0.15) is 0 Å². The largest absolute Gasteiger partial charge is 0.396 e. The number of hydrogen-bond acceptors (Lipinski definition) is 3. The maximum Gasteiger partial charge on any atom is 0.224 e. The molecule has 1 amide bonds. The van der Waals surface area contributed by atoms with E-state index >= 15 is 0 Å². The molecule has 5 heteroatoms. The van der Waals surface area contributed by atoms with Crippen molar-refractivity contribution in [3.05, 3.63) is 21.3 Å². The molecule has 1 aliphatic carbocycles. The van der Waals surface area contributed by atoms with Gasteiger partial charge in [-0.2, -0.15) is 0 Å². The van der Waals surface area contributed by atoms with Gasteiger partial charge in [-0.3, -0.25) is 4.79 Å². The molecule has 0 spiro atoms. The molecule has 1 heterocycles. The predicted molar refractivity (Wildman–Crippen MR) is 69.4 cm³/mol. The van der Waals surface area contributed by atoms with Crippen LogP contribution < -0.4 is 5.32 Å². The van der Waals surface area contributed by atoms with Crippen molar-refractivity contribution in [1.29, 1.82) is 0 Å². The van der Waals surface area contributed by atoms with Crippen LogP contribution in [-0.2, 0) is 11.2 Å². The first kappa shape index (κ1) is 12.9. The SMILES string of the molecule is O=C(Cc1csc(Cl)c1)N[C@@H]1CCC[C@H]1CO. The van der Waals surface area contributed by atoms with Gasteiger partial charge in [0.15, 0.2) is 0 Å². The van der Waals surface area contributed by atoms with Gasteiger partial charge in [-0.25, -0.2) is 0 Å². The summed E-state index contributed by atoms with van der Waals surface area (Å²) >= 11 is 7.25. The quantitative estimate of drug-likeness (QED) is 0.884. The van der Waals surface area contributed by atoms with Gasteiger partial charge >= 0.3 is 0 Å². The Kier molecular flexibility index (Phi) is 4.42. The summed E-state index contributed by atoms with van der Waals surface area (Å²) in [5.41, 5.74) is 0.955. The Labute approximate surface area is 110 Å². The summed E-state index contributed by atoms with van der Waals surface area (Å²) < 4.78 is 0.710. The molecule has 1 saturated carbocycles. The maximum atomic E-state index is 11.8. The number of carbonyl (C=O) groups excluding carboxylic acids is 1. The minimum Gasteiger partial charge on any atom is -0.396 e. The van der Waals surface area contributed by atoms with Crippen LogP contribution in [0.1, 0.15) is 24.8 Å². The highest BCUT2D eigenvalue weighted by Crippen LogP contribution is 2.25. The van der Waals surface area contributed by atoms with Crippen molar-refractivity contribution < 1.29 is 9.90 Å². The van der Waals surface area contributed by atoms with Gasteiger partial charge in [0.25, 0.3) is 0 Å². The Morgan fingerprint density at radius 2 is 2.41 bits per heavy atom. The van der Waals surface area contributed by atoms with E-state index in [1.807, 2.05) is 11.4 Å². The lowest BCUT2D eigenvalue weighted by molar-refractivity contribution is -0.121. The summed E-state index contributed by atoms with van der Waals surface area (Å²) in [6.07, 6.45) is 3.44. The van der Waals surface area contributed by atoms with Crippen LogP contribution in [0.3, 0.4) is 0 Å². The Balaban J connectivity index is 1.85. The molecule has 1 aromatic heterocycles. The summed E-state index contributed by atoms with van der Waals surface area (Å²) in [5.74, 6) is 0.245. The van der Waals surface area contributed by atoms with E-state index in [1.54, 1.807) is 0 Å². The third kappa shape index (κ3) is 3.44. The fourth-order valence-corrected chi connectivity index (χ4v) is 3.24. The zero-order chi connectivity index (χ0) is 12.3. The minimum absolute atomic E-state index is 0.0183.